The minimum Gasteiger partial charge on any atom is -0.340 e. The maximum absolute atomic E-state index is 13.0. The van der Waals surface area contributed by atoms with E-state index in [1.807, 2.05) is 0 Å². The molecule has 2 fully saturated rings. The number of aryl methyl sites for hydroxylation is 1. The topological polar surface area (TPSA) is 71.5 Å². The third-order valence-electron chi connectivity index (χ3n) is 7.74. The van der Waals surface area contributed by atoms with Crippen molar-refractivity contribution in [3.05, 3.63) is 83.4 Å². The third-order valence-corrected chi connectivity index (χ3v) is 7.74. The summed E-state index contributed by atoms with van der Waals surface area (Å²) in [6.45, 7) is 6.95. The predicted octanol–water partition coefficient (Wildman–Crippen LogP) is 3.01. The third kappa shape index (κ3) is 4.42. The molecule has 2 atom stereocenters. The van der Waals surface area contributed by atoms with Gasteiger partial charge in [-0.2, -0.15) is 0 Å². The number of nitrogens with one attached hydrogen (secondary N) is 1. The van der Waals surface area contributed by atoms with Gasteiger partial charge in [-0.05, 0) is 28.8 Å². The van der Waals surface area contributed by atoms with Gasteiger partial charge >= 0.3 is 6.03 Å². The number of likely N-dealkylation sites (N-methyl/N-ethyl adjacent to an activating group) is 1. The first-order valence-electron chi connectivity index (χ1n) is 12.9. The number of guanidine groups is 1. The van der Waals surface area contributed by atoms with E-state index >= 15 is 0 Å². The van der Waals surface area contributed by atoms with Crippen LogP contribution < -0.4 is 5.32 Å². The monoisotopic (exact) mass is 496 g/mol. The number of benzene rings is 3. The van der Waals surface area contributed by atoms with E-state index in [-0.39, 0.29) is 5.91 Å². The minimum absolute atomic E-state index is 0.284. The molecule has 37 heavy (non-hydrogen) atoms. The Balaban J connectivity index is 1.21. The van der Waals surface area contributed by atoms with Gasteiger partial charge in [-0.25, -0.2) is 9.79 Å². The van der Waals surface area contributed by atoms with E-state index in [9.17, 15) is 9.59 Å². The van der Waals surface area contributed by atoms with Gasteiger partial charge in [0.1, 0.15) is 0 Å². The zero-order valence-electron chi connectivity index (χ0n) is 21.3. The normalized spacial score (nSPS) is 22.3. The highest BCUT2D eigenvalue weighted by atomic mass is 16.2. The second kappa shape index (κ2) is 9.52. The Kier molecular flexibility index (Phi) is 6.04. The molecule has 0 saturated carbocycles. The molecule has 2 unspecified atom stereocenters. The van der Waals surface area contributed by atoms with Crippen LogP contribution in [0.1, 0.15) is 16.7 Å². The zero-order chi connectivity index (χ0) is 25.5. The second-order valence-electron chi connectivity index (χ2n) is 10.2. The predicted molar refractivity (Wildman–Crippen MR) is 144 cm³/mol. The van der Waals surface area contributed by atoms with Gasteiger partial charge in [-0.3, -0.25) is 15.0 Å². The highest BCUT2D eigenvalue weighted by Gasteiger charge is 2.49. The van der Waals surface area contributed by atoms with E-state index in [1.165, 1.54) is 26.8 Å². The van der Waals surface area contributed by atoms with Gasteiger partial charge in [0.25, 0.3) is 5.91 Å². The molecule has 3 aromatic carbocycles. The molecule has 8 heteroatoms. The van der Waals surface area contributed by atoms with Crippen LogP contribution in [0.4, 0.5) is 4.79 Å². The SMILES string of the molecule is Cc1ccc(CN2C(N3CCN(Cc4cccc5ccccc45)CC3)=NC3C2C(=O)NC(=O)N3C)cc1. The first-order valence-corrected chi connectivity index (χ1v) is 12.9. The van der Waals surface area contributed by atoms with Crippen molar-refractivity contribution in [2.24, 2.45) is 4.99 Å². The summed E-state index contributed by atoms with van der Waals surface area (Å²) in [4.78, 5) is 38.6. The van der Waals surface area contributed by atoms with Crippen molar-refractivity contribution < 1.29 is 9.59 Å². The van der Waals surface area contributed by atoms with E-state index in [0.717, 1.165) is 44.2 Å². The summed E-state index contributed by atoms with van der Waals surface area (Å²) >= 11 is 0. The number of aliphatic imine (C=N–C) groups is 1. The molecule has 190 valence electrons. The number of rotatable bonds is 4. The van der Waals surface area contributed by atoms with Crippen molar-refractivity contribution in [3.8, 4) is 0 Å². The summed E-state index contributed by atoms with van der Waals surface area (Å²) in [6, 6.07) is 22.5. The summed E-state index contributed by atoms with van der Waals surface area (Å²) in [5, 5.41) is 5.08. The quantitative estimate of drug-likeness (QED) is 0.601. The van der Waals surface area contributed by atoms with Crippen LogP contribution in [0.2, 0.25) is 0 Å². The largest absolute Gasteiger partial charge is 0.340 e. The fourth-order valence-electron chi connectivity index (χ4n) is 5.61. The highest BCUT2D eigenvalue weighted by Crippen LogP contribution is 2.28. The summed E-state index contributed by atoms with van der Waals surface area (Å²) in [5.41, 5.74) is 3.65. The molecule has 3 aliphatic heterocycles. The Labute approximate surface area is 217 Å². The maximum atomic E-state index is 13.0. The fraction of sp³-hybridized carbons (Fsp3) is 0.345. The van der Waals surface area contributed by atoms with E-state index < -0.39 is 18.2 Å². The molecule has 0 radical (unpaired) electrons. The maximum Gasteiger partial charge on any atom is 0.325 e. The molecule has 3 heterocycles. The molecule has 3 aliphatic rings. The van der Waals surface area contributed by atoms with Gasteiger partial charge < -0.3 is 14.7 Å². The average Bonchev–Trinajstić information content (AvgIpc) is 3.29. The van der Waals surface area contributed by atoms with Crippen LogP contribution in [0, 0.1) is 6.92 Å². The van der Waals surface area contributed by atoms with E-state index in [4.69, 9.17) is 4.99 Å². The fourth-order valence-corrected chi connectivity index (χ4v) is 5.61. The molecule has 0 aromatic heterocycles. The summed E-state index contributed by atoms with van der Waals surface area (Å²) in [5.74, 6) is 0.519. The molecule has 0 aliphatic carbocycles. The van der Waals surface area contributed by atoms with Crippen LogP contribution >= 0.6 is 0 Å². The van der Waals surface area contributed by atoms with Crippen molar-refractivity contribution >= 4 is 28.7 Å². The van der Waals surface area contributed by atoms with Crippen molar-refractivity contribution in [1.29, 1.82) is 0 Å². The molecule has 6 rings (SSSR count). The Morgan fingerprint density at radius 1 is 0.892 bits per heavy atom. The van der Waals surface area contributed by atoms with Gasteiger partial charge in [-0.15, -0.1) is 0 Å². The number of carbonyl (C=O) groups excluding carboxylic acids is 2. The Hall–Kier alpha value is -3.91. The number of carbonyl (C=O) groups is 2. The molecule has 1 N–H and O–H groups in total. The molecule has 8 nitrogen and oxygen atoms in total. The number of hydrogen-bond donors (Lipinski definition) is 1. The molecule has 3 aromatic rings. The number of imide groups is 1. The van der Waals surface area contributed by atoms with E-state index in [1.54, 1.807) is 7.05 Å². The van der Waals surface area contributed by atoms with Crippen molar-refractivity contribution in [2.45, 2.75) is 32.2 Å². The van der Waals surface area contributed by atoms with Crippen LogP contribution in [0.15, 0.2) is 71.7 Å². The molecule has 0 bridgehead atoms. The van der Waals surface area contributed by atoms with Crippen LogP contribution in [0.25, 0.3) is 10.8 Å². The minimum atomic E-state index is -0.535. The molecule has 0 spiro atoms. The van der Waals surface area contributed by atoms with Crippen molar-refractivity contribution in [1.82, 2.24) is 24.9 Å². The highest BCUT2D eigenvalue weighted by molar-refractivity contribution is 6.03. The smallest absolute Gasteiger partial charge is 0.325 e. The molecule has 3 amide bonds. The first-order chi connectivity index (χ1) is 18.0. The van der Waals surface area contributed by atoms with Gasteiger partial charge in [0, 0.05) is 46.3 Å². The zero-order valence-corrected chi connectivity index (χ0v) is 21.3. The average molecular weight is 497 g/mol. The number of hydrogen-bond acceptors (Lipinski definition) is 6. The number of urea groups is 1. The Morgan fingerprint density at radius 3 is 2.41 bits per heavy atom. The second-order valence-corrected chi connectivity index (χ2v) is 10.2. The molecular weight excluding hydrogens is 464 g/mol. The van der Waals surface area contributed by atoms with Gasteiger partial charge in [0.15, 0.2) is 18.2 Å². The van der Waals surface area contributed by atoms with E-state index in [2.05, 4.69) is 93.7 Å². The summed E-state index contributed by atoms with van der Waals surface area (Å²) in [7, 11) is 1.71. The van der Waals surface area contributed by atoms with Gasteiger partial charge in [0.05, 0.1) is 0 Å². The molecule has 2 saturated heterocycles. The lowest BCUT2D eigenvalue weighted by molar-refractivity contribution is -0.127. The standard InChI is InChI=1S/C29H32N6O2/c1-20-10-12-21(13-11-20)18-35-25-26(32(2)29(37)31-27(25)36)30-28(35)34-16-14-33(15-17-34)19-23-8-5-7-22-6-3-4-9-24(22)23/h3-13,25-26H,14-19H2,1-2H3,(H,31,36,37). The summed E-state index contributed by atoms with van der Waals surface area (Å²) in [6.07, 6.45) is -0.518. The molecular formula is C29H32N6O2. The first kappa shape index (κ1) is 23.5. The van der Waals surface area contributed by atoms with Crippen LogP contribution in [0.3, 0.4) is 0 Å². The lowest BCUT2D eigenvalue weighted by Gasteiger charge is -2.40. The number of piperazine rings is 1. The number of nitrogens with zero attached hydrogens (tertiary/aromatic N) is 5. The van der Waals surface area contributed by atoms with Crippen molar-refractivity contribution in [3.63, 3.8) is 0 Å². The van der Waals surface area contributed by atoms with Crippen LogP contribution in [0.5, 0.6) is 0 Å². The number of fused-ring (bicyclic) bond motifs is 2. The Morgan fingerprint density at radius 2 is 1.62 bits per heavy atom. The van der Waals surface area contributed by atoms with Crippen LogP contribution in [-0.2, 0) is 17.9 Å². The lowest BCUT2D eigenvalue weighted by atomic mass is 10.0. The Bertz CT molecular complexity index is 1360. The van der Waals surface area contributed by atoms with Crippen LogP contribution in [-0.4, -0.2) is 82.9 Å². The van der Waals surface area contributed by atoms with Gasteiger partial charge in [0.2, 0.25) is 0 Å². The number of amides is 3. The lowest BCUT2D eigenvalue weighted by Crippen LogP contribution is -2.64. The van der Waals surface area contributed by atoms with E-state index in [0.29, 0.717) is 6.54 Å². The summed E-state index contributed by atoms with van der Waals surface area (Å²) < 4.78 is 0. The van der Waals surface area contributed by atoms with Crippen molar-refractivity contribution in [2.75, 3.05) is 33.2 Å². The van der Waals surface area contributed by atoms with Gasteiger partial charge in [-0.1, -0.05) is 72.3 Å².